The zero-order valence-electron chi connectivity index (χ0n) is 12.2. The molecule has 1 unspecified atom stereocenters. The lowest BCUT2D eigenvalue weighted by Gasteiger charge is -2.12. The molecule has 0 aliphatic carbocycles. The molecular formula is C16H25NO2. The zero-order chi connectivity index (χ0) is 13.7. The molecule has 0 amide bonds. The van der Waals surface area contributed by atoms with Crippen LogP contribution in [-0.4, -0.2) is 32.4 Å². The van der Waals surface area contributed by atoms with Gasteiger partial charge < -0.3 is 14.8 Å². The number of ether oxygens (including phenoxy) is 2. The second-order valence-corrected chi connectivity index (χ2v) is 5.73. The molecule has 0 radical (unpaired) electrons. The van der Waals surface area contributed by atoms with Gasteiger partial charge >= 0.3 is 0 Å². The third-order valence-electron chi connectivity index (χ3n) is 3.20. The Labute approximate surface area is 116 Å². The van der Waals surface area contributed by atoms with E-state index in [2.05, 4.69) is 44.3 Å². The summed E-state index contributed by atoms with van der Waals surface area (Å²) in [7, 11) is 0. The van der Waals surface area contributed by atoms with Crippen molar-refractivity contribution >= 4 is 0 Å². The minimum Gasteiger partial charge on any atom is -0.488 e. The summed E-state index contributed by atoms with van der Waals surface area (Å²) in [6.07, 6.45) is 1.28. The normalized spacial score (nSPS) is 17.6. The first-order chi connectivity index (χ1) is 9.15. The van der Waals surface area contributed by atoms with Crippen LogP contribution in [0.5, 0.6) is 5.75 Å². The van der Waals surface area contributed by atoms with E-state index in [0.29, 0.717) is 5.92 Å². The SMILES string of the molecule is Cc1ccc2c(c1)CC(CNCCOCC(C)C)O2. The van der Waals surface area contributed by atoms with E-state index in [1.165, 1.54) is 11.1 Å². The van der Waals surface area contributed by atoms with Crippen LogP contribution in [0, 0.1) is 12.8 Å². The van der Waals surface area contributed by atoms with Gasteiger partial charge in [0.2, 0.25) is 0 Å². The van der Waals surface area contributed by atoms with Gasteiger partial charge in [0.05, 0.1) is 6.61 Å². The van der Waals surface area contributed by atoms with E-state index in [9.17, 15) is 0 Å². The monoisotopic (exact) mass is 263 g/mol. The van der Waals surface area contributed by atoms with Gasteiger partial charge in [-0.15, -0.1) is 0 Å². The molecule has 0 fully saturated rings. The smallest absolute Gasteiger partial charge is 0.123 e. The van der Waals surface area contributed by atoms with Crippen molar-refractivity contribution in [2.45, 2.75) is 33.3 Å². The topological polar surface area (TPSA) is 30.5 Å². The summed E-state index contributed by atoms with van der Waals surface area (Å²) in [5.74, 6) is 1.66. The third kappa shape index (κ3) is 4.51. The molecule has 1 aromatic carbocycles. The van der Waals surface area contributed by atoms with E-state index in [0.717, 1.165) is 38.5 Å². The van der Waals surface area contributed by atoms with Crippen molar-refractivity contribution in [1.82, 2.24) is 5.32 Å². The fourth-order valence-electron chi connectivity index (χ4n) is 2.29. The number of rotatable bonds is 7. The minimum atomic E-state index is 0.266. The molecule has 0 spiro atoms. The number of aryl methyl sites for hydroxylation is 1. The third-order valence-corrected chi connectivity index (χ3v) is 3.20. The molecule has 1 heterocycles. The number of fused-ring (bicyclic) bond motifs is 1. The first-order valence-corrected chi connectivity index (χ1v) is 7.20. The van der Waals surface area contributed by atoms with Crippen molar-refractivity contribution in [1.29, 1.82) is 0 Å². The van der Waals surface area contributed by atoms with Crippen LogP contribution in [0.2, 0.25) is 0 Å². The van der Waals surface area contributed by atoms with Gasteiger partial charge in [0.25, 0.3) is 0 Å². The highest BCUT2D eigenvalue weighted by Crippen LogP contribution is 2.29. The average Bonchev–Trinajstić information content (AvgIpc) is 2.75. The number of benzene rings is 1. The number of hydrogen-bond donors (Lipinski definition) is 1. The summed E-state index contributed by atoms with van der Waals surface area (Å²) in [5.41, 5.74) is 2.64. The van der Waals surface area contributed by atoms with Gasteiger partial charge in [-0.3, -0.25) is 0 Å². The highest BCUT2D eigenvalue weighted by molar-refractivity contribution is 5.40. The van der Waals surface area contributed by atoms with E-state index in [4.69, 9.17) is 9.47 Å². The van der Waals surface area contributed by atoms with Crippen molar-refractivity contribution in [2.75, 3.05) is 26.3 Å². The molecule has 0 saturated carbocycles. The van der Waals surface area contributed by atoms with Crippen LogP contribution in [0.15, 0.2) is 18.2 Å². The Kier molecular flexibility index (Phi) is 5.23. The van der Waals surface area contributed by atoms with Gasteiger partial charge in [0.1, 0.15) is 11.9 Å². The van der Waals surface area contributed by atoms with Gasteiger partial charge in [-0.25, -0.2) is 0 Å². The van der Waals surface area contributed by atoms with Crippen LogP contribution >= 0.6 is 0 Å². The lowest BCUT2D eigenvalue weighted by atomic mass is 10.1. The fourth-order valence-corrected chi connectivity index (χ4v) is 2.29. The molecule has 0 bridgehead atoms. The number of hydrogen-bond acceptors (Lipinski definition) is 3. The van der Waals surface area contributed by atoms with Gasteiger partial charge in [-0.1, -0.05) is 31.5 Å². The highest BCUT2D eigenvalue weighted by atomic mass is 16.5. The van der Waals surface area contributed by atoms with E-state index < -0.39 is 0 Å². The Balaban J connectivity index is 1.62. The maximum atomic E-state index is 5.90. The maximum Gasteiger partial charge on any atom is 0.123 e. The standard InChI is InChI=1S/C16H25NO2/c1-12(2)11-18-7-6-17-10-15-9-14-8-13(3)4-5-16(14)19-15/h4-5,8,12,15,17H,6-7,9-11H2,1-3H3. The fraction of sp³-hybridized carbons (Fsp3) is 0.625. The Morgan fingerprint density at radius 1 is 1.42 bits per heavy atom. The van der Waals surface area contributed by atoms with E-state index >= 15 is 0 Å². The van der Waals surface area contributed by atoms with Crippen molar-refractivity contribution in [3.05, 3.63) is 29.3 Å². The first-order valence-electron chi connectivity index (χ1n) is 7.20. The Morgan fingerprint density at radius 2 is 2.26 bits per heavy atom. The summed E-state index contributed by atoms with van der Waals surface area (Å²) >= 11 is 0. The molecule has 0 saturated heterocycles. The van der Waals surface area contributed by atoms with Crippen LogP contribution < -0.4 is 10.1 Å². The molecule has 2 rings (SSSR count). The summed E-state index contributed by atoms with van der Waals surface area (Å²) in [4.78, 5) is 0. The largest absolute Gasteiger partial charge is 0.488 e. The molecule has 3 heteroatoms. The molecule has 1 atom stereocenters. The molecule has 1 aromatic rings. The van der Waals surface area contributed by atoms with Gasteiger partial charge in [0.15, 0.2) is 0 Å². The quantitative estimate of drug-likeness (QED) is 0.767. The molecule has 1 aliphatic heterocycles. The summed E-state index contributed by atoms with van der Waals surface area (Å²) in [6, 6.07) is 6.41. The first kappa shape index (κ1) is 14.4. The molecule has 19 heavy (non-hydrogen) atoms. The highest BCUT2D eigenvalue weighted by Gasteiger charge is 2.22. The molecular weight excluding hydrogens is 238 g/mol. The lowest BCUT2D eigenvalue weighted by molar-refractivity contribution is 0.109. The summed E-state index contributed by atoms with van der Waals surface area (Å²) in [5, 5.41) is 3.40. The second-order valence-electron chi connectivity index (χ2n) is 5.73. The second kappa shape index (κ2) is 6.92. The Hall–Kier alpha value is -1.06. The molecule has 3 nitrogen and oxygen atoms in total. The predicted octanol–water partition coefficient (Wildman–Crippen LogP) is 2.56. The van der Waals surface area contributed by atoms with Crippen molar-refractivity contribution in [3.63, 3.8) is 0 Å². The van der Waals surface area contributed by atoms with Gasteiger partial charge in [0, 0.05) is 26.1 Å². The predicted molar refractivity (Wildman–Crippen MR) is 77.8 cm³/mol. The van der Waals surface area contributed by atoms with E-state index in [1.807, 2.05) is 0 Å². The number of nitrogens with one attached hydrogen (secondary N) is 1. The van der Waals surface area contributed by atoms with Crippen LogP contribution in [0.3, 0.4) is 0 Å². The zero-order valence-corrected chi connectivity index (χ0v) is 12.2. The minimum absolute atomic E-state index is 0.266. The Bertz CT molecular complexity index is 404. The van der Waals surface area contributed by atoms with Gasteiger partial charge in [-0.05, 0) is 24.5 Å². The van der Waals surface area contributed by atoms with Gasteiger partial charge in [-0.2, -0.15) is 0 Å². The summed E-state index contributed by atoms with van der Waals surface area (Å²) in [6.45, 7) is 9.85. The summed E-state index contributed by atoms with van der Waals surface area (Å²) < 4.78 is 11.4. The van der Waals surface area contributed by atoms with Crippen LogP contribution in [0.4, 0.5) is 0 Å². The molecule has 1 N–H and O–H groups in total. The maximum absolute atomic E-state index is 5.90. The average molecular weight is 263 g/mol. The molecule has 1 aliphatic rings. The van der Waals surface area contributed by atoms with Crippen LogP contribution in [0.1, 0.15) is 25.0 Å². The van der Waals surface area contributed by atoms with E-state index in [-0.39, 0.29) is 6.10 Å². The van der Waals surface area contributed by atoms with Crippen LogP contribution in [0.25, 0.3) is 0 Å². The van der Waals surface area contributed by atoms with Crippen LogP contribution in [-0.2, 0) is 11.2 Å². The molecule has 0 aromatic heterocycles. The lowest BCUT2D eigenvalue weighted by Crippen LogP contribution is -2.32. The van der Waals surface area contributed by atoms with Crippen molar-refractivity contribution in [3.8, 4) is 5.75 Å². The van der Waals surface area contributed by atoms with Crippen molar-refractivity contribution in [2.24, 2.45) is 5.92 Å². The van der Waals surface area contributed by atoms with E-state index in [1.54, 1.807) is 0 Å². The van der Waals surface area contributed by atoms with Crippen molar-refractivity contribution < 1.29 is 9.47 Å². The Morgan fingerprint density at radius 3 is 3.05 bits per heavy atom. The molecule has 106 valence electrons.